The maximum atomic E-state index is 12.6. The molecule has 2 heterocycles. The molecule has 0 saturated carbocycles. The molecule has 0 aliphatic heterocycles. The molecule has 29 heavy (non-hydrogen) atoms. The second-order valence-electron chi connectivity index (χ2n) is 6.81. The SMILES string of the molecule is C=CCn1c(SCC(=O)N[C@H](c2cccs2)C(C)C)nnc1-c1ccc(Cl)cc1. The fourth-order valence-electron chi connectivity index (χ4n) is 2.88. The van der Waals surface area contributed by atoms with E-state index in [0.29, 0.717) is 22.6 Å². The van der Waals surface area contributed by atoms with Crippen LogP contribution in [0.5, 0.6) is 0 Å². The van der Waals surface area contributed by atoms with Crippen LogP contribution in [0.3, 0.4) is 0 Å². The summed E-state index contributed by atoms with van der Waals surface area (Å²) in [5.41, 5.74) is 0.914. The number of benzene rings is 1. The summed E-state index contributed by atoms with van der Waals surface area (Å²) in [6.07, 6.45) is 1.79. The van der Waals surface area contributed by atoms with Crippen molar-refractivity contribution in [2.75, 3.05) is 5.75 Å². The number of nitrogens with zero attached hydrogens (tertiary/aromatic N) is 3. The summed E-state index contributed by atoms with van der Waals surface area (Å²) in [7, 11) is 0. The number of rotatable bonds is 9. The molecule has 0 fully saturated rings. The van der Waals surface area contributed by atoms with Gasteiger partial charge in [-0.05, 0) is 41.6 Å². The van der Waals surface area contributed by atoms with E-state index in [2.05, 4.69) is 42.0 Å². The van der Waals surface area contributed by atoms with Gasteiger partial charge in [0.25, 0.3) is 0 Å². The third-order valence-corrected chi connectivity index (χ3v) is 6.47. The monoisotopic (exact) mass is 446 g/mol. The van der Waals surface area contributed by atoms with Crippen molar-refractivity contribution in [1.82, 2.24) is 20.1 Å². The summed E-state index contributed by atoms with van der Waals surface area (Å²) in [5.74, 6) is 1.28. The highest BCUT2D eigenvalue weighted by Gasteiger charge is 2.20. The number of nitrogens with one attached hydrogen (secondary N) is 1. The third-order valence-electron chi connectivity index (χ3n) is 4.30. The fraction of sp³-hybridized carbons (Fsp3) is 0.286. The number of amides is 1. The number of hydrogen-bond donors (Lipinski definition) is 1. The van der Waals surface area contributed by atoms with Crippen LogP contribution in [-0.4, -0.2) is 26.4 Å². The predicted molar refractivity (Wildman–Crippen MR) is 121 cm³/mol. The maximum absolute atomic E-state index is 12.6. The van der Waals surface area contributed by atoms with Gasteiger partial charge in [-0.25, -0.2) is 0 Å². The first-order valence-corrected chi connectivity index (χ1v) is 11.5. The number of halogens is 1. The van der Waals surface area contributed by atoms with Gasteiger partial charge in [-0.3, -0.25) is 9.36 Å². The summed E-state index contributed by atoms with van der Waals surface area (Å²) in [6.45, 7) is 8.59. The number of thiophene rings is 1. The van der Waals surface area contributed by atoms with Crippen molar-refractivity contribution >= 4 is 40.6 Å². The highest BCUT2D eigenvalue weighted by atomic mass is 35.5. The molecular weight excluding hydrogens is 424 g/mol. The van der Waals surface area contributed by atoms with Crippen LogP contribution in [0, 0.1) is 5.92 Å². The molecule has 0 aliphatic rings. The predicted octanol–water partition coefficient (Wildman–Crippen LogP) is 5.45. The van der Waals surface area contributed by atoms with E-state index in [9.17, 15) is 4.79 Å². The average molecular weight is 447 g/mol. The molecule has 0 bridgehead atoms. The van der Waals surface area contributed by atoms with Gasteiger partial charge >= 0.3 is 0 Å². The molecule has 2 aromatic heterocycles. The standard InChI is InChI=1S/C21H23ClN4OS2/c1-4-11-26-20(15-7-9-16(22)10-8-15)24-25-21(26)29-13-18(27)23-19(14(2)3)17-6-5-12-28-17/h4-10,12,14,19H,1,11,13H2,2-3H3,(H,23,27)/t19-/m0/s1. The summed E-state index contributed by atoms with van der Waals surface area (Å²) in [6, 6.07) is 11.5. The van der Waals surface area contributed by atoms with Gasteiger partial charge in [0.1, 0.15) is 0 Å². The van der Waals surface area contributed by atoms with Crippen LogP contribution in [0.25, 0.3) is 11.4 Å². The van der Waals surface area contributed by atoms with Gasteiger partial charge in [0.2, 0.25) is 5.91 Å². The molecule has 1 aromatic carbocycles. The highest BCUT2D eigenvalue weighted by molar-refractivity contribution is 7.99. The number of allylic oxidation sites excluding steroid dienone is 1. The first-order chi connectivity index (χ1) is 14.0. The minimum atomic E-state index is -0.0247. The number of carbonyl (C=O) groups excluding carboxylic acids is 1. The van der Waals surface area contributed by atoms with E-state index in [1.54, 1.807) is 17.4 Å². The lowest BCUT2D eigenvalue weighted by Gasteiger charge is -2.21. The zero-order valence-electron chi connectivity index (χ0n) is 16.3. The Hall–Kier alpha value is -2.09. The molecular formula is C21H23ClN4OS2. The lowest BCUT2D eigenvalue weighted by Crippen LogP contribution is -2.32. The third kappa shape index (κ3) is 5.50. The first-order valence-electron chi connectivity index (χ1n) is 9.25. The van der Waals surface area contributed by atoms with E-state index in [4.69, 9.17) is 11.6 Å². The Morgan fingerprint density at radius 1 is 1.31 bits per heavy atom. The number of carbonyl (C=O) groups is 1. The molecule has 1 amide bonds. The van der Waals surface area contributed by atoms with Gasteiger partial charge < -0.3 is 5.32 Å². The molecule has 3 rings (SSSR count). The van der Waals surface area contributed by atoms with Crippen molar-refractivity contribution in [3.8, 4) is 11.4 Å². The zero-order chi connectivity index (χ0) is 20.8. The van der Waals surface area contributed by atoms with Gasteiger partial charge in [0, 0.05) is 22.0 Å². The molecule has 0 unspecified atom stereocenters. The van der Waals surface area contributed by atoms with Crippen LogP contribution in [0.15, 0.2) is 59.6 Å². The summed E-state index contributed by atoms with van der Waals surface area (Å²) < 4.78 is 1.95. The molecule has 1 N–H and O–H groups in total. The Morgan fingerprint density at radius 2 is 2.07 bits per heavy atom. The second kappa shape index (κ2) is 10.1. The summed E-state index contributed by atoms with van der Waals surface area (Å²) >= 11 is 9.01. The van der Waals surface area contributed by atoms with Crippen LogP contribution in [0.1, 0.15) is 24.8 Å². The van der Waals surface area contributed by atoms with Crippen molar-refractivity contribution < 1.29 is 4.79 Å². The average Bonchev–Trinajstić information content (AvgIpc) is 3.36. The van der Waals surface area contributed by atoms with Crippen LogP contribution in [-0.2, 0) is 11.3 Å². The first kappa shape index (κ1) is 21.6. The van der Waals surface area contributed by atoms with Gasteiger partial charge in [-0.15, -0.1) is 28.1 Å². The van der Waals surface area contributed by atoms with Crippen molar-refractivity contribution in [2.24, 2.45) is 5.92 Å². The second-order valence-corrected chi connectivity index (χ2v) is 9.16. The number of thioether (sulfide) groups is 1. The molecule has 0 aliphatic carbocycles. The van der Waals surface area contributed by atoms with E-state index >= 15 is 0 Å². The summed E-state index contributed by atoms with van der Waals surface area (Å²) in [5, 5.41) is 15.1. The van der Waals surface area contributed by atoms with E-state index in [-0.39, 0.29) is 17.7 Å². The van der Waals surface area contributed by atoms with Gasteiger partial charge in [-0.1, -0.05) is 49.4 Å². The Morgan fingerprint density at radius 3 is 2.69 bits per heavy atom. The molecule has 0 spiro atoms. The Labute approximate surface area is 184 Å². The van der Waals surface area contributed by atoms with Crippen molar-refractivity contribution in [3.63, 3.8) is 0 Å². The molecule has 3 aromatic rings. The van der Waals surface area contributed by atoms with Crippen LogP contribution >= 0.6 is 34.7 Å². The fourth-order valence-corrected chi connectivity index (χ4v) is 4.72. The minimum Gasteiger partial charge on any atom is -0.347 e. The smallest absolute Gasteiger partial charge is 0.230 e. The van der Waals surface area contributed by atoms with Gasteiger partial charge in [0.05, 0.1) is 11.8 Å². The molecule has 0 radical (unpaired) electrons. The Balaban J connectivity index is 1.70. The molecule has 1 atom stereocenters. The lowest BCUT2D eigenvalue weighted by molar-refractivity contribution is -0.119. The molecule has 5 nitrogen and oxygen atoms in total. The minimum absolute atomic E-state index is 0.0128. The van der Waals surface area contributed by atoms with Gasteiger partial charge in [0.15, 0.2) is 11.0 Å². The van der Waals surface area contributed by atoms with Crippen LogP contribution < -0.4 is 5.32 Å². The number of hydrogen-bond acceptors (Lipinski definition) is 5. The Kier molecular flexibility index (Phi) is 7.52. The van der Waals surface area contributed by atoms with Crippen molar-refractivity contribution in [3.05, 3.63) is 64.3 Å². The lowest BCUT2D eigenvalue weighted by atomic mass is 10.0. The largest absolute Gasteiger partial charge is 0.347 e. The van der Waals surface area contributed by atoms with Crippen molar-refractivity contribution in [1.29, 1.82) is 0 Å². The topological polar surface area (TPSA) is 59.8 Å². The van der Waals surface area contributed by atoms with Crippen LogP contribution in [0.4, 0.5) is 0 Å². The van der Waals surface area contributed by atoms with Crippen molar-refractivity contribution in [2.45, 2.75) is 31.6 Å². The van der Waals surface area contributed by atoms with Gasteiger partial charge in [-0.2, -0.15) is 0 Å². The molecule has 0 saturated heterocycles. The van der Waals surface area contributed by atoms with E-state index in [1.807, 2.05) is 40.3 Å². The number of aromatic nitrogens is 3. The summed E-state index contributed by atoms with van der Waals surface area (Å²) in [4.78, 5) is 13.8. The Bertz CT molecular complexity index is 952. The molecule has 152 valence electrons. The van der Waals surface area contributed by atoms with E-state index in [0.717, 1.165) is 16.3 Å². The highest BCUT2D eigenvalue weighted by Crippen LogP contribution is 2.27. The maximum Gasteiger partial charge on any atom is 0.230 e. The molecule has 8 heteroatoms. The van der Waals surface area contributed by atoms with E-state index in [1.165, 1.54) is 11.8 Å². The normalized spacial score (nSPS) is 12.1. The van der Waals surface area contributed by atoms with Crippen LogP contribution in [0.2, 0.25) is 5.02 Å². The quantitative estimate of drug-likeness (QED) is 0.350. The van der Waals surface area contributed by atoms with E-state index < -0.39 is 0 Å². The zero-order valence-corrected chi connectivity index (χ0v) is 18.7.